The Morgan fingerprint density at radius 2 is 2.45 bits per heavy atom. The Kier molecular flexibility index (Phi) is 2.33. The number of nitrogens with zero attached hydrogens (tertiary/aromatic N) is 2. The molecule has 0 aliphatic rings. The topological polar surface area (TPSA) is 37.8 Å². The van der Waals surface area contributed by atoms with Crippen molar-refractivity contribution in [3.05, 3.63) is 5.51 Å². The zero-order valence-corrected chi connectivity index (χ0v) is 6.66. The van der Waals surface area contributed by atoms with Crippen LogP contribution in [0.15, 0.2) is 5.51 Å². The molecular formula is C5H7F2N3S. The molecule has 0 unspecified atom stereocenters. The summed E-state index contributed by atoms with van der Waals surface area (Å²) in [7, 11) is 0. The van der Waals surface area contributed by atoms with Crippen LogP contribution in [0, 0.1) is 0 Å². The van der Waals surface area contributed by atoms with E-state index < -0.39 is 12.5 Å². The van der Waals surface area contributed by atoms with Gasteiger partial charge in [0.25, 0.3) is 5.92 Å². The Morgan fingerprint density at radius 3 is 2.91 bits per heavy atom. The highest BCUT2D eigenvalue weighted by Gasteiger charge is 2.20. The van der Waals surface area contributed by atoms with Crippen molar-refractivity contribution in [2.24, 2.45) is 0 Å². The first-order valence-corrected chi connectivity index (χ1v) is 3.84. The van der Waals surface area contributed by atoms with E-state index in [1.807, 2.05) is 0 Å². The SMILES string of the molecule is CC(F)(F)CNc1nncs1. The Hall–Kier alpha value is -0.780. The molecule has 0 aromatic carbocycles. The maximum Gasteiger partial charge on any atom is 0.262 e. The van der Waals surface area contributed by atoms with Gasteiger partial charge in [0.1, 0.15) is 5.51 Å². The molecule has 0 aliphatic heterocycles. The summed E-state index contributed by atoms with van der Waals surface area (Å²) in [5, 5.41) is 9.91. The zero-order valence-electron chi connectivity index (χ0n) is 5.84. The molecule has 0 amide bonds. The first-order valence-electron chi connectivity index (χ1n) is 2.96. The van der Waals surface area contributed by atoms with E-state index in [0.717, 1.165) is 6.92 Å². The van der Waals surface area contributed by atoms with Gasteiger partial charge in [-0.2, -0.15) is 0 Å². The van der Waals surface area contributed by atoms with Gasteiger partial charge in [-0.15, -0.1) is 10.2 Å². The second-order valence-corrected chi connectivity index (χ2v) is 3.00. The molecule has 3 nitrogen and oxygen atoms in total. The van der Waals surface area contributed by atoms with Crippen molar-refractivity contribution >= 4 is 16.5 Å². The highest BCUT2D eigenvalue weighted by Crippen LogP contribution is 2.14. The van der Waals surface area contributed by atoms with Crippen molar-refractivity contribution in [2.75, 3.05) is 11.9 Å². The zero-order chi connectivity index (χ0) is 8.32. The Morgan fingerprint density at radius 1 is 1.73 bits per heavy atom. The van der Waals surface area contributed by atoms with Gasteiger partial charge in [0.2, 0.25) is 5.13 Å². The molecule has 6 heteroatoms. The average Bonchev–Trinajstić information content (AvgIpc) is 2.32. The van der Waals surface area contributed by atoms with Crippen molar-refractivity contribution in [3.8, 4) is 0 Å². The van der Waals surface area contributed by atoms with Crippen LogP contribution < -0.4 is 5.32 Å². The fraction of sp³-hybridized carbons (Fsp3) is 0.600. The fourth-order valence-electron chi connectivity index (χ4n) is 0.481. The maximum absolute atomic E-state index is 12.2. The highest BCUT2D eigenvalue weighted by atomic mass is 32.1. The molecular weight excluding hydrogens is 172 g/mol. The summed E-state index contributed by atoms with van der Waals surface area (Å²) in [6.45, 7) is 0.448. The van der Waals surface area contributed by atoms with Gasteiger partial charge in [-0.1, -0.05) is 11.3 Å². The molecule has 1 aromatic heterocycles. The molecule has 1 heterocycles. The highest BCUT2D eigenvalue weighted by molar-refractivity contribution is 7.13. The smallest absolute Gasteiger partial charge is 0.262 e. The number of hydrogen-bond acceptors (Lipinski definition) is 4. The number of hydrogen-bond donors (Lipinski definition) is 1. The summed E-state index contributed by atoms with van der Waals surface area (Å²) in [6.07, 6.45) is 0. The van der Waals surface area contributed by atoms with Crippen molar-refractivity contribution in [2.45, 2.75) is 12.8 Å². The van der Waals surface area contributed by atoms with E-state index in [1.54, 1.807) is 0 Å². The lowest BCUT2D eigenvalue weighted by atomic mass is 10.4. The van der Waals surface area contributed by atoms with Gasteiger partial charge >= 0.3 is 0 Å². The number of nitrogens with one attached hydrogen (secondary N) is 1. The number of aromatic nitrogens is 2. The predicted octanol–water partition coefficient (Wildman–Crippen LogP) is 1.61. The second-order valence-electron chi connectivity index (χ2n) is 2.17. The van der Waals surface area contributed by atoms with E-state index >= 15 is 0 Å². The van der Waals surface area contributed by atoms with E-state index in [9.17, 15) is 8.78 Å². The lowest BCUT2D eigenvalue weighted by molar-refractivity contribution is 0.0367. The number of alkyl halides is 2. The van der Waals surface area contributed by atoms with Crippen molar-refractivity contribution < 1.29 is 8.78 Å². The first-order chi connectivity index (χ1) is 5.08. The maximum atomic E-state index is 12.2. The lowest BCUT2D eigenvalue weighted by Gasteiger charge is -2.09. The van der Waals surface area contributed by atoms with Crippen LogP contribution in [0.25, 0.3) is 0 Å². The molecule has 0 radical (unpaired) electrons. The Bertz CT molecular complexity index is 206. The minimum absolute atomic E-state index is 0.401. The third-order valence-electron chi connectivity index (χ3n) is 0.910. The summed E-state index contributed by atoms with van der Waals surface area (Å²) in [5.41, 5.74) is 1.48. The first kappa shape index (κ1) is 8.32. The van der Waals surface area contributed by atoms with Crippen molar-refractivity contribution in [1.29, 1.82) is 0 Å². The quantitative estimate of drug-likeness (QED) is 0.765. The largest absolute Gasteiger partial charge is 0.354 e. The minimum Gasteiger partial charge on any atom is -0.354 e. The van der Waals surface area contributed by atoms with Crippen LogP contribution in [0.4, 0.5) is 13.9 Å². The van der Waals surface area contributed by atoms with Crippen LogP contribution in [-0.2, 0) is 0 Å². The van der Waals surface area contributed by atoms with Crippen LogP contribution in [0.3, 0.4) is 0 Å². The molecule has 0 fully saturated rings. The number of anilines is 1. The summed E-state index contributed by atoms with van der Waals surface area (Å²) >= 11 is 1.20. The van der Waals surface area contributed by atoms with Crippen LogP contribution in [0.1, 0.15) is 6.92 Å². The molecule has 11 heavy (non-hydrogen) atoms. The third-order valence-corrected chi connectivity index (χ3v) is 1.56. The average molecular weight is 179 g/mol. The molecule has 1 rings (SSSR count). The van der Waals surface area contributed by atoms with E-state index in [2.05, 4.69) is 15.5 Å². The van der Waals surface area contributed by atoms with Gasteiger partial charge in [0.05, 0.1) is 6.54 Å². The molecule has 0 spiro atoms. The van der Waals surface area contributed by atoms with Crippen LogP contribution in [0.5, 0.6) is 0 Å². The second kappa shape index (κ2) is 3.08. The van der Waals surface area contributed by atoms with Gasteiger partial charge in [-0.3, -0.25) is 0 Å². The molecule has 0 saturated heterocycles. The molecule has 0 aliphatic carbocycles. The summed E-state index contributed by atoms with van der Waals surface area (Å²) in [5.74, 6) is -2.70. The summed E-state index contributed by atoms with van der Waals surface area (Å²) < 4.78 is 24.4. The van der Waals surface area contributed by atoms with Crippen LogP contribution >= 0.6 is 11.3 Å². The third kappa shape index (κ3) is 3.22. The molecule has 1 aromatic rings. The van der Waals surface area contributed by atoms with Crippen molar-refractivity contribution in [1.82, 2.24) is 10.2 Å². The minimum atomic E-state index is -2.70. The fourth-order valence-corrected chi connectivity index (χ4v) is 0.925. The molecule has 62 valence electrons. The molecule has 0 atom stereocenters. The van der Waals surface area contributed by atoms with Crippen molar-refractivity contribution in [3.63, 3.8) is 0 Å². The summed E-state index contributed by atoms with van der Waals surface area (Å²) in [6, 6.07) is 0. The van der Waals surface area contributed by atoms with E-state index in [0.29, 0.717) is 5.13 Å². The molecule has 0 bridgehead atoms. The van der Waals surface area contributed by atoms with Crippen LogP contribution in [-0.4, -0.2) is 22.7 Å². The standard InChI is InChI=1S/C5H7F2N3S/c1-5(6,7)2-8-4-10-9-3-11-4/h3H,2H2,1H3,(H,8,10). The number of halogens is 2. The molecule has 1 N–H and O–H groups in total. The normalized spacial score (nSPS) is 11.5. The summed E-state index contributed by atoms with van der Waals surface area (Å²) in [4.78, 5) is 0. The van der Waals surface area contributed by atoms with Gasteiger partial charge in [-0.05, 0) is 0 Å². The monoisotopic (exact) mass is 179 g/mol. The molecule has 0 saturated carbocycles. The van der Waals surface area contributed by atoms with E-state index in [1.165, 1.54) is 16.8 Å². The van der Waals surface area contributed by atoms with Gasteiger partial charge < -0.3 is 5.32 Å². The predicted molar refractivity (Wildman–Crippen MR) is 39.0 cm³/mol. The Labute approximate surface area is 66.5 Å². The van der Waals surface area contributed by atoms with Gasteiger partial charge in [0, 0.05) is 6.92 Å². The van der Waals surface area contributed by atoms with E-state index in [4.69, 9.17) is 0 Å². The van der Waals surface area contributed by atoms with Gasteiger partial charge in [-0.25, -0.2) is 8.78 Å². The lowest BCUT2D eigenvalue weighted by Crippen LogP contribution is -2.22. The Balaban J connectivity index is 2.35. The van der Waals surface area contributed by atoms with Gasteiger partial charge in [0.15, 0.2) is 0 Å². The van der Waals surface area contributed by atoms with E-state index in [-0.39, 0.29) is 0 Å². The number of rotatable bonds is 3. The van der Waals surface area contributed by atoms with Crippen LogP contribution in [0.2, 0.25) is 0 Å².